The average Bonchev–Trinajstić information content (AvgIpc) is 3.15. The van der Waals surface area contributed by atoms with Crippen LogP contribution in [0.4, 0.5) is 23.4 Å². The molecule has 1 aliphatic heterocycles. The zero-order valence-electron chi connectivity index (χ0n) is 16.0. The number of halogens is 4. The maximum Gasteiger partial charge on any atom is 0.416 e. The summed E-state index contributed by atoms with van der Waals surface area (Å²) in [5, 5.41) is 6.46. The number of alkyl halides is 3. The molecule has 0 spiro atoms. The van der Waals surface area contributed by atoms with Gasteiger partial charge in [-0.25, -0.2) is 9.37 Å². The molecule has 1 aliphatic rings. The zero-order valence-corrected chi connectivity index (χ0v) is 16.0. The molecule has 0 amide bonds. The molecule has 1 saturated heterocycles. The number of hydrogen-bond donors (Lipinski definition) is 2. The van der Waals surface area contributed by atoms with Gasteiger partial charge in [-0.1, -0.05) is 12.1 Å². The van der Waals surface area contributed by atoms with Crippen molar-refractivity contribution in [3.8, 4) is 0 Å². The van der Waals surface area contributed by atoms with E-state index in [-0.39, 0.29) is 11.9 Å². The van der Waals surface area contributed by atoms with Gasteiger partial charge < -0.3 is 15.5 Å². The monoisotopic (exact) mass is 409 g/mol. The average molecular weight is 409 g/mol. The van der Waals surface area contributed by atoms with Crippen LogP contribution in [0.25, 0.3) is 0 Å². The molecule has 1 aromatic carbocycles. The second-order valence-electron chi connectivity index (χ2n) is 6.83. The number of rotatable bonds is 5. The van der Waals surface area contributed by atoms with Gasteiger partial charge in [-0.15, -0.1) is 0 Å². The standard InChI is InChI=1S/C20H23F4N5/c1-25-19(27-11-8-14-4-6-15(7-5-14)20(22,23)24)28-16-9-12-29(13-16)18-17(21)3-2-10-26-18/h2-7,10,16H,8-9,11-13H2,1H3,(H2,25,27,28). The van der Waals surface area contributed by atoms with Crippen LogP contribution >= 0.6 is 0 Å². The predicted octanol–water partition coefficient (Wildman–Crippen LogP) is 3.23. The fraction of sp³-hybridized carbons (Fsp3) is 0.400. The number of nitrogens with one attached hydrogen (secondary N) is 2. The minimum Gasteiger partial charge on any atom is -0.356 e. The third-order valence-electron chi connectivity index (χ3n) is 4.78. The topological polar surface area (TPSA) is 52.6 Å². The number of aliphatic imine (C=N–C) groups is 1. The van der Waals surface area contributed by atoms with Crippen LogP contribution in [0, 0.1) is 5.82 Å². The highest BCUT2D eigenvalue weighted by atomic mass is 19.4. The van der Waals surface area contributed by atoms with Crippen molar-refractivity contribution in [2.75, 3.05) is 31.6 Å². The Labute approximate surface area is 166 Å². The fourth-order valence-corrected chi connectivity index (χ4v) is 3.25. The number of nitrogens with zero attached hydrogens (tertiary/aromatic N) is 3. The van der Waals surface area contributed by atoms with Crippen molar-refractivity contribution in [3.05, 3.63) is 59.5 Å². The largest absolute Gasteiger partial charge is 0.416 e. The summed E-state index contributed by atoms with van der Waals surface area (Å²) in [6, 6.07) is 8.19. The van der Waals surface area contributed by atoms with Gasteiger partial charge in [-0.3, -0.25) is 4.99 Å². The summed E-state index contributed by atoms with van der Waals surface area (Å²) in [5.41, 5.74) is 0.153. The second kappa shape index (κ2) is 9.11. The number of pyridine rings is 1. The van der Waals surface area contributed by atoms with Crippen molar-refractivity contribution in [3.63, 3.8) is 0 Å². The Bertz CT molecular complexity index is 836. The Kier molecular flexibility index (Phi) is 6.56. The van der Waals surface area contributed by atoms with Crippen molar-refractivity contribution >= 4 is 11.8 Å². The first kappa shape index (κ1) is 20.9. The number of anilines is 1. The van der Waals surface area contributed by atoms with Gasteiger partial charge in [-0.05, 0) is 42.7 Å². The van der Waals surface area contributed by atoms with Crippen molar-refractivity contribution in [2.45, 2.75) is 25.1 Å². The highest BCUT2D eigenvalue weighted by Gasteiger charge is 2.30. The molecular formula is C20H23F4N5. The maximum atomic E-state index is 13.9. The first-order valence-electron chi connectivity index (χ1n) is 9.35. The number of aromatic nitrogens is 1. The lowest BCUT2D eigenvalue weighted by molar-refractivity contribution is -0.137. The van der Waals surface area contributed by atoms with Crippen molar-refractivity contribution in [1.29, 1.82) is 0 Å². The molecule has 1 atom stereocenters. The van der Waals surface area contributed by atoms with Crippen LogP contribution in [-0.2, 0) is 12.6 Å². The first-order valence-corrected chi connectivity index (χ1v) is 9.35. The summed E-state index contributed by atoms with van der Waals surface area (Å²) in [7, 11) is 1.65. The van der Waals surface area contributed by atoms with E-state index in [4.69, 9.17) is 0 Å². The summed E-state index contributed by atoms with van der Waals surface area (Å²) in [5.74, 6) is 0.611. The quantitative estimate of drug-likeness (QED) is 0.452. The second-order valence-corrected chi connectivity index (χ2v) is 6.83. The van der Waals surface area contributed by atoms with Gasteiger partial charge in [-0.2, -0.15) is 13.2 Å². The van der Waals surface area contributed by atoms with Gasteiger partial charge in [0.2, 0.25) is 0 Å². The highest BCUT2D eigenvalue weighted by molar-refractivity contribution is 5.80. The molecule has 0 aliphatic carbocycles. The molecule has 0 radical (unpaired) electrons. The van der Waals surface area contributed by atoms with Crippen LogP contribution in [0.2, 0.25) is 0 Å². The van der Waals surface area contributed by atoms with E-state index in [0.717, 1.165) is 24.1 Å². The van der Waals surface area contributed by atoms with Gasteiger partial charge in [0.05, 0.1) is 5.56 Å². The normalized spacial score (nSPS) is 17.5. The summed E-state index contributed by atoms with van der Waals surface area (Å²) in [6.45, 7) is 1.82. The van der Waals surface area contributed by atoms with Crippen LogP contribution in [0.15, 0.2) is 47.6 Å². The van der Waals surface area contributed by atoms with Gasteiger partial charge in [0.1, 0.15) is 0 Å². The summed E-state index contributed by atoms with van der Waals surface area (Å²) < 4.78 is 51.7. The van der Waals surface area contributed by atoms with Gasteiger partial charge in [0, 0.05) is 38.9 Å². The lowest BCUT2D eigenvalue weighted by Gasteiger charge is -2.20. The summed E-state index contributed by atoms with van der Waals surface area (Å²) in [4.78, 5) is 10.2. The molecule has 0 bridgehead atoms. The maximum absolute atomic E-state index is 13.9. The summed E-state index contributed by atoms with van der Waals surface area (Å²) >= 11 is 0. The molecule has 5 nitrogen and oxygen atoms in total. The Morgan fingerprint density at radius 3 is 2.66 bits per heavy atom. The van der Waals surface area contributed by atoms with E-state index in [0.29, 0.717) is 37.8 Å². The Balaban J connectivity index is 1.46. The zero-order chi connectivity index (χ0) is 20.9. The molecule has 2 aromatic rings. The molecule has 2 heterocycles. The molecule has 1 aromatic heterocycles. The van der Waals surface area contributed by atoms with E-state index in [1.165, 1.54) is 18.2 Å². The van der Waals surface area contributed by atoms with Crippen LogP contribution in [0.3, 0.4) is 0 Å². The summed E-state index contributed by atoms with van der Waals surface area (Å²) in [6.07, 6.45) is -1.37. The highest BCUT2D eigenvalue weighted by Crippen LogP contribution is 2.29. The van der Waals surface area contributed by atoms with E-state index in [2.05, 4.69) is 20.6 Å². The van der Waals surface area contributed by atoms with Crippen molar-refractivity contribution in [2.24, 2.45) is 4.99 Å². The molecule has 2 N–H and O–H groups in total. The smallest absolute Gasteiger partial charge is 0.356 e. The number of guanidine groups is 1. The van der Waals surface area contributed by atoms with Crippen LogP contribution in [-0.4, -0.2) is 43.7 Å². The molecule has 1 fully saturated rings. The van der Waals surface area contributed by atoms with E-state index in [1.54, 1.807) is 19.3 Å². The lowest BCUT2D eigenvalue weighted by Crippen LogP contribution is -2.45. The SMILES string of the molecule is CN=C(NCCc1ccc(C(F)(F)F)cc1)NC1CCN(c2ncccc2F)C1. The molecular weight excluding hydrogens is 386 g/mol. The minimum absolute atomic E-state index is 0.0914. The predicted molar refractivity (Wildman–Crippen MR) is 104 cm³/mol. The van der Waals surface area contributed by atoms with Gasteiger partial charge in [0.25, 0.3) is 0 Å². The van der Waals surface area contributed by atoms with E-state index in [1.807, 2.05) is 4.90 Å². The molecule has 0 saturated carbocycles. The molecule has 1 unspecified atom stereocenters. The van der Waals surface area contributed by atoms with E-state index in [9.17, 15) is 17.6 Å². The third-order valence-corrected chi connectivity index (χ3v) is 4.78. The van der Waals surface area contributed by atoms with Crippen LogP contribution in [0.5, 0.6) is 0 Å². The molecule has 3 rings (SSSR count). The Morgan fingerprint density at radius 1 is 1.24 bits per heavy atom. The fourth-order valence-electron chi connectivity index (χ4n) is 3.25. The number of hydrogen-bond acceptors (Lipinski definition) is 3. The Hall–Kier alpha value is -2.84. The Morgan fingerprint density at radius 2 is 2.00 bits per heavy atom. The molecule has 9 heteroatoms. The minimum atomic E-state index is -4.32. The third kappa shape index (κ3) is 5.58. The van der Waals surface area contributed by atoms with Gasteiger partial charge in [0.15, 0.2) is 17.6 Å². The first-order chi connectivity index (χ1) is 13.9. The van der Waals surface area contributed by atoms with Crippen molar-refractivity contribution in [1.82, 2.24) is 15.6 Å². The molecule has 29 heavy (non-hydrogen) atoms. The van der Waals surface area contributed by atoms with Gasteiger partial charge >= 0.3 is 6.18 Å². The molecule has 156 valence electrons. The van der Waals surface area contributed by atoms with Crippen LogP contribution < -0.4 is 15.5 Å². The lowest BCUT2D eigenvalue weighted by atomic mass is 10.1. The van der Waals surface area contributed by atoms with Crippen LogP contribution in [0.1, 0.15) is 17.5 Å². The van der Waals surface area contributed by atoms with E-state index < -0.39 is 11.7 Å². The number of benzene rings is 1. The van der Waals surface area contributed by atoms with Crippen molar-refractivity contribution < 1.29 is 17.6 Å². The van der Waals surface area contributed by atoms with E-state index >= 15 is 0 Å².